The molecule has 42 heavy (non-hydrogen) atoms. The van der Waals surface area contributed by atoms with Gasteiger partial charge in [0, 0.05) is 17.1 Å². The van der Waals surface area contributed by atoms with Crippen LogP contribution in [0.25, 0.3) is 0 Å². The number of hydrogen-bond donors (Lipinski definition) is 1. The minimum absolute atomic E-state index is 0.0470. The zero-order valence-corrected chi connectivity index (χ0v) is 26.4. The van der Waals surface area contributed by atoms with E-state index in [4.69, 9.17) is 4.74 Å². The van der Waals surface area contributed by atoms with E-state index < -0.39 is 28.5 Å². The second kappa shape index (κ2) is 14.7. The van der Waals surface area contributed by atoms with Gasteiger partial charge in [0.2, 0.25) is 11.8 Å². The van der Waals surface area contributed by atoms with Crippen LogP contribution < -0.4 is 14.4 Å². The zero-order chi connectivity index (χ0) is 30.1. The molecule has 1 N–H and O–H groups in total. The van der Waals surface area contributed by atoms with Crippen molar-refractivity contribution >= 4 is 43.5 Å². The number of para-hydroxylation sites is 2. The molecule has 1 saturated carbocycles. The summed E-state index contributed by atoms with van der Waals surface area (Å²) in [6, 6.07) is 21.5. The molecule has 8 nitrogen and oxygen atoms in total. The number of nitrogens with zero attached hydrogens (tertiary/aromatic N) is 2. The quantitative estimate of drug-likeness (QED) is 0.262. The Kier molecular flexibility index (Phi) is 11.0. The summed E-state index contributed by atoms with van der Waals surface area (Å²) in [6.07, 6.45) is 5.10. The van der Waals surface area contributed by atoms with Gasteiger partial charge in [0.25, 0.3) is 10.0 Å². The monoisotopic (exact) mass is 655 g/mol. The number of ether oxygens (including phenoxy) is 1. The van der Waals surface area contributed by atoms with Gasteiger partial charge in [-0.3, -0.25) is 13.9 Å². The largest absolute Gasteiger partial charge is 0.492 e. The van der Waals surface area contributed by atoms with Crippen LogP contribution in [0, 0.1) is 0 Å². The molecule has 3 aromatic carbocycles. The summed E-state index contributed by atoms with van der Waals surface area (Å²) in [6.45, 7) is 3.43. The first-order valence-electron chi connectivity index (χ1n) is 14.3. The number of rotatable bonds is 12. The molecule has 2 amide bonds. The highest BCUT2D eigenvalue weighted by Gasteiger charge is 2.34. The number of nitrogens with one attached hydrogen (secondary N) is 1. The van der Waals surface area contributed by atoms with Gasteiger partial charge in [0.1, 0.15) is 18.3 Å². The van der Waals surface area contributed by atoms with Gasteiger partial charge in [-0.05, 0) is 68.7 Å². The van der Waals surface area contributed by atoms with E-state index in [-0.39, 0.29) is 29.1 Å². The Labute approximate surface area is 257 Å². The summed E-state index contributed by atoms with van der Waals surface area (Å²) >= 11 is 3.48. The molecule has 1 atom stereocenters. The molecule has 0 heterocycles. The van der Waals surface area contributed by atoms with Crippen molar-refractivity contribution in [3.63, 3.8) is 0 Å². The Bertz CT molecular complexity index is 1460. The van der Waals surface area contributed by atoms with Gasteiger partial charge in [0.05, 0.1) is 17.2 Å². The van der Waals surface area contributed by atoms with E-state index >= 15 is 0 Å². The van der Waals surface area contributed by atoms with Gasteiger partial charge < -0.3 is 15.0 Å². The van der Waals surface area contributed by atoms with Gasteiger partial charge in [0.15, 0.2) is 0 Å². The van der Waals surface area contributed by atoms with Crippen molar-refractivity contribution in [2.75, 3.05) is 17.5 Å². The van der Waals surface area contributed by atoms with E-state index in [1.54, 1.807) is 49.4 Å². The average molecular weight is 657 g/mol. The minimum atomic E-state index is -4.17. The van der Waals surface area contributed by atoms with Crippen molar-refractivity contribution in [1.29, 1.82) is 0 Å². The van der Waals surface area contributed by atoms with E-state index in [2.05, 4.69) is 21.2 Å². The predicted octanol–water partition coefficient (Wildman–Crippen LogP) is 5.91. The molecule has 0 radical (unpaired) electrons. The molecule has 0 unspecified atom stereocenters. The Morgan fingerprint density at radius 3 is 2.36 bits per heavy atom. The smallest absolute Gasteiger partial charge is 0.264 e. The number of halogens is 1. The second-order valence-electron chi connectivity index (χ2n) is 10.4. The van der Waals surface area contributed by atoms with Crippen LogP contribution in [0.15, 0.2) is 88.2 Å². The van der Waals surface area contributed by atoms with Gasteiger partial charge in [-0.1, -0.05) is 77.7 Å². The van der Waals surface area contributed by atoms with Crippen molar-refractivity contribution in [1.82, 2.24) is 10.2 Å². The van der Waals surface area contributed by atoms with Gasteiger partial charge in [-0.15, -0.1) is 0 Å². The Morgan fingerprint density at radius 2 is 1.67 bits per heavy atom. The van der Waals surface area contributed by atoms with Crippen molar-refractivity contribution in [2.45, 2.75) is 69.5 Å². The summed E-state index contributed by atoms with van der Waals surface area (Å²) < 4.78 is 35.7. The maximum Gasteiger partial charge on any atom is 0.264 e. The van der Waals surface area contributed by atoms with E-state index in [0.29, 0.717) is 12.4 Å². The molecular formula is C32H38BrN3O5S. The fourth-order valence-electron chi connectivity index (χ4n) is 5.16. The lowest BCUT2D eigenvalue weighted by molar-refractivity contribution is -0.139. The van der Waals surface area contributed by atoms with Crippen LogP contribution in [0.3, 0.4) is 0 Å². The Hall–Kier alpha value is -3.37. The van der Waals surface area contributed by atoms with Gasteiger partial charge in [-0.25, -0.2) is 8.42 Å². The number of amides is 2. The van der Waals surface area contributed by atoms with Crippen LogP contribution in [0.5, 0.6) is 5.75 Å². The lowest BCUT2D eigenvalue weighted by Gasteiger charge is -2.33. The van der Waals surface area contributed by atoms with E-state index in [0.717, 1.165) is 46.4 Å². The molecule has 1 aliphatic carbocycles. The lowest BCUT2D eigenvalue weighted by Crippen LogP contribution is -2.53. The van der Waals surface area contributed by atoms with Crippen LogP contribution in [0.2, 0.25) is 0 Å². The number of hydrogen-bond acceptors (Lipinski definition) is 5. The third kappa shape index (κ3) is 7.92. The van der Waals surface area contributed by atoms with E-state index in [1.165, 1.54) is 17.0 Å². The molecule has 0 aromatic heterocycles. The Morgan fingerprint density at radius 1 is 0.976 bits per heavy atom. The minimum Gasteiger partial charge on any atom is -0.492 e. The van der Waals surface area contributed by atoms with Crippen LogP contribution in [-0.2, 0) is 26.2 Å². The maximum atomic E-state index is 14.2. The fourth-order valence-corrected chi connectivity index (χ4v) is 7.05. The first kappa shape index (κ1) is 31.6. The van der Waals surface area contributed by atoms with E-state index in [9.17, 15) is 18.0 Å². The van der Waals surface area contributed by atoms with E-state index in [1.807, 2.05) is 31.2 Å². The molecule has 3 aromatic rings. The number of carbonyl (C=O) groups is 2. The highest BCUT2D eigenvalue weighted by atomic mass is 79.9. The molecule has 0 aliphatic heterocycles. The highest BCUT2D eigenvalue weighted by molar-refractivity contribution is 9.10. The third-order valence-electron chi connectivity index (χ3n) is 7.40. The predicted molar refractivity (Wildman–Crippen MR) is 168 cm³/mol. The molecular weight excluding hydrogens is 618 g/mol. The molecule has 224 valence electrons. The molecule has 0 bridgehead atoms. The summed E-state index contributed by atoms with van der Waals surface area (Å²) in [4.78, 5) is 29.2. The Balaban J connectivity index is 1.70. The molecule has 10 heteroatoms. The van der Waals surface area contributed by atoms with Gasteiger partial charge >= 0.3 is 0 Å². The summed E-state index contributed by atoms with van der Waals surface area (Å²) in [5.74, 6) is -0.418. The van der Waals surface area contributed by atoms with Crippen molar-refractivity contribution in [3.8, 4) is 5.75 Å². The fraction of sp³-hybridized carbons (Fsp3) is 0.375. The molecule has 4 rings (SSSR count). The molecule has 0 saturated heterocycles. The third-order valence-corrected chi connectivity index (χ3v) is 9.67. The van der Waals surface area contributed by atoms with Crippen LogP contribution in [-0.4, -0.2) is 50.4 Å². The first-order chi connectivity index (χ1) is 20.2. The average Bonchev–Trinajstić information content (AvgIpc) is 2.99. The SMILES string of the molecule is CCOc1ccccc1N(CC(=O)N(Cc1cccc(Br)c1)[C@H](C)C(=O)NC1CCCCC1)S(=O)(=O)c1ccccc1. The van der Waals surface area contributed by atoms with Crippen molar-refractivity contribution in [2.24, 2.45) is 0 Å². The second-order valence-corrected chi connectivity index (χ2v) is 13.2. The molecule has 0 spiro atoms. The summed E-state index contributed by atoms with van der Waals surface area (Å²) in [5.41, 5.74) is 1.06. The molecule has 1 fully saturated rings. The normalized spacial score (nSPS) is 14.5. The molecule has 1 aliphatic rings. The summed E-state index contributed by atoms with van der Waals surface area (Å²) in [5, 5.41) is 3.12. The number of carbonyl (C=O) groups excluding carboxylic acids is 2. The maximum absolute atomic E-state index is 14.2. The highest BCUT2D eigenvalue weighted by Crippen LogP contribution is 2.33. The first-order valence-corrected chi connectivity index (χ1v) is 16.6. The van der Waals surface area contributed by atoms with Gasteiger partial charge in [-0.2, -0.15) is 0 Å². The number of sulfonamides is 1. The van der Waals surface area contributed by atoms with Crippen LogP contribution >= 0.6 is 15.9 Å². The standard InChI is InChI=1S/C32H38BrN3O5S/c1-3-41-30-20-11-10-19-29(30)36(42(39,40)28-17-8-5-9-18-28)23-31(37)35(22-25-13-12-14-26(33)21-25)24(2)32(38)34-27-15-6-4-7-16-27/h5,8-14,17-21,24,27H,3-4,6-7,15-16,22-23H2,1-2H3,(H,34,38)/t24-/m1/s1. The lowest BCUT2D eigenvalue weighted by atomic mass is 9.95. The number of benzene rings is 3. The van der Waals surface area contributed by atoms with Crippen molar-refractivity contribution < 1.29 is 22.7 Å². The summed E-state index contributed by atoms with van der Waals surface area (Å²) in [7, 11) is -4.17. The topological polar surface area (TPSA) is 96.0 Å². The van der Waals surface area contributed by atoms with Crippen LogP contribution in [0.4, 0.5) is 5.69 Å². The van der Waals surface area contributed by atoms with Crippen molar-refractivity contribution in [3.05, 3.63) is 88.9 Å². The zero-order valence-electron chi connectivity index (χ0n) is 24.0. The van der Waals surface area contributed by atoms with Crippen LogP contribution in [0.1, 0.15) is 51.5 Å². The number of anilines is 1.